The largest absolute Gasteiger partial charge is 0.496 e. The van der Waals surface area contributed by atoms with E-state index in [1.807, 2.05) is 0 Å². The van der Waals surface area contributed by atoms with Gasteiger partial charge in [-0.15, -0.1) is 0 Å². The average Bonchev–Trinajstić information content (AvgIpc) is 3.17. The summed E-state index contributed by atoms with van der Waals surface area (Å²) in [5, 5.41) is 6.55. The summed E-state index contributed by atoms with van der Waals surface area (Å²) in [6.07, 6.45) is 5.13. The molecule has 3 rings (SSSR count). The molecule has 1 heterocycles. The lowest BCUT2D eigenvalue weighted by Crippen LogP contribution is -2.45. The van der Waals surface area contributed by atoms with Crippen molar-refractivity contribution >= 4 is 23.4 Å². The second-order valence-electron chi connectivity index (χ2n) is 6.44. The Morgan fingerprint density at radius 2 is 1.88 bits per heavy atom. The number of carbonyl (C=O) groups excluding carboxylic acids is 2. The van der Waals surface area contributed by atoms with Gasteiger partial charge in [0.25, 0.3) is 11.8 Å². The van der Waals surface area contributed by atoms with Gasteiger partial charge in [-0.05, 0) is 56.0 Å². The van der Waals surface area contributed by atoms with Gasteiger partial charge < -0.3 is 20.4 Å². The maximum atomic E-state index is 12.6. The highest BCUT2D eigenvalue weighted by Gasteiger charge is 2.26. The maximum absolute atomic E-state index is 12.6. The number of rotatable bonds is 5. The fourth-order valence-corrected chi connectivity index (χ4v) is 3.48. The predicted molar refractivity (Wildman–Crippen MR) is 99.8 cm³/mol. The summed E-state index contributed by atoms with van der Waals surface area (Å²) in [6.45, 7) is 0. The van der Waals surface area contributed by atoms with Gasteiger partial charge in [-0.1, -0.05) is 11.6 Å². The molecule has 0 spiro atoms. The zero-order chi connectivity index (χ0) is 18.5. The number of hydrogen-bond donors (Lipinski definition) is 3. The number of amides is 2. The summed E-state index contributed by atoms with van der Waals surface area (Å²) >= 11 is 6.00. The third-order valence-electron chi connectivity index (χ3n) is 4.59. The Balaban J connectivity index is 1.60. The molecule has 1 aromatic carbocycles. The number of aromatic amines is 1. The van der Waals surface area contributed by atoms with Gasteiger partial charge in [-0.2, -0.15) is 0 Å². The summed E-state index contributed by atoms with van der Waals surface area (Å²) in [6, 6.07) is 8.52. The molecule has 0 radical (unpaired) electrons. The number of carbonyl (C=O) groups is 2. The Morgan fingerprint density at radius 3 is 2.54 bits per heavy atom. The smallest absolute Gasteiger partial charge is 0.267 e. The molecule has 2 aromatic rings. The van der Waals surface area contributed by atoms with Crippen molar-refractivity contribution in [3.05, 3.63) is 52.8 Å². The molecule has 1 fully saturated rings. The first-order chi connectivity index (χ1) is 12.6. The van der Waals surface area contributed by atoms with E-state index in [4.69, 9.17) is 16.3 Å². The predicted octanol–water partition coefficient (Wildman–Crippen LogP) is 3.15. The number of H-pyrrole nitrogens is 1. The van der Waals surface area contributed by atoms with Crippen molar-refractivity contribution in [2.45, 2.75) is 37.8 Å². The molecule has 6 nitrogen and oxygen atoms in total. The molecule has 1 aliphatic rings. The van der Waals surface area contributed by atoms with Crippen LogP contribution in [0.2, 0.25) is 5.02 Å². The molecule has 2 atom stereocenters. The molecule has 0 aliphatic heterocycles. The van der Waals surface area contributed by atoms with Gasteiger partial charge in [0.05, 0.1) is 12.7 Å². The van der Waals surface area contributed by atoms with E-state index in [1.54, 1.807) is 36.5 Å². The van der Waals surface area contributed by atoms with Crippen molar-refractivity contribution in [1.29, 1.82) is 0 Å². The average molecular weight is 376 g/mol. The lowest BCUT2D eigenvalue weighted by molar-refractivity contribution is 0.0899. The number of ether oxygens (including phenoxy) is 1. The zero-order valence-electron chi connectivity index (χ0n) is 14.5. The Labute approximate surface area is 157 Å². The Bertz CT molecular complexity index is 776. The molecule has 1 saturated carbocycles. The van der Waals surface area contributed by atoms with Gasteiger partial charge in [0.2, 0.25) is 0 Å². The highest BCUT2D eigenvalue weighted by Crippen LogP contribution is 2.24. The normalized spacial score (nSPS) is 19.6. The number of nitrogens with one attached hydrogen (secondary N) is 3. The van der Waals surface area contributed by atoms with Crippen molar-refractivity contribution < 1.29 is 14.3 Å². The molecule has 2 amide bonds. The van der Waals surface area contributed by atoms with Crippen LogP contribution in [0.4, 0.5) is 0 Å². The van der Waals surface area contributed by atoms with Crippen molar-refractivity contribution in [3.63, 3.8) is 0 Å². The van der Waals surface area contributed by atoms with Crippen molar-refractivity contribution in [3.8, 4) is 5.75 Å². The van der Waals surface area contributed by atoms with Crippen LogP contribution in [0.25, 0.3) is 0 Å². The molecule has 3 N–H and O–H groups in total. The third kappa shape index (κ3) is 4.38. The second kappa shape index (κ2) is 8.27. The molecule has 0 unspecified atom stereocenters. The van der Waals surface area contributed by atoms with Gasteiger partial charge in [0, 0.05) is 23.3 Å². The van der Waals surface area contributed by atoms with Crippen LogP contribution >= 0.6 is 11.6 Å². The van der Waals surface area contributed by atoms with Crippen LogP contribution in [0.3, 0.4) is 0 Å². The Kier molecular flexibility index (Phi) is 5.83. The first kappa shape index (κ1) is 18.3. The quantitative estimate of drug-likeness (QED) is 0.750. The summed E-state index contributed by atoms with van der Waals surface area (Å²) < 4.78 is 5.25. The van der Waals surface area contributed by atoms with E-state index in [0.717, 1.165) is 19.3 Å². The molecule has 1 aromatic heterocycles. The highest BCUT2D eigenvalue weighted by atomic mass is 35.5. The number of methoxy groups -OCH3 is 1. The van der Waals surface area contributed by atoms with Crippen LogP contribution in [0.15, 0.2) is 36.5 Å². The Hall–Kier alpha value is -2.47. The lowest BCUT2D eigenvalue weighted by Gasteiger charge is -2.30. The zero-order valence-corrected chi connectivity index (χ0v) is 15.3. The van der Waals surface area contributed by atoms with Crippen LogP contribution in [-0.2, 0) is 0 Å². The fraction of sp³-hybridized carbons (Fsp3) is 0.368. The van der Waals surface area contributed by atoms with Crippen LogP contribution in [-0.4, -0.2) is 36.0 Å². The third-order valence-corrected chi connectivity index (χ3v) is 4.83. The minimum absolute atomic E-state index is 0.00567. The van der Waals surface area contributed by atoms with E-state index in [2.05, 4.69) is 15.6 Å². The van der Waals surface area contributed by atoms with Crippen LogP contribution in [0, 0.1) is 0 Å². The number of benzene rings is 1. The van der Waals surface area contributed by atoms with Gasteiger partial charge in [0.1, 0.15) is 11.4 Å². The molecule has 1 aliphatic carbocycles. The summed E-state index contributed by atoms with van der Waals surface area (Å²) in [4.78, 5) is 27.7. The number of aromatic nitrogens is 1. The van der Waals surface area contributed by atoms with Crippen molar-refractivity contribution in [1.82, 2.24) is 15.6 Å². The van der Waals surface area contributed by atoms with E-state index in [-0.39, 0.29) is 23.9 Å². The number of halogens is 1. The van der Waals surface area contributed by atoms with Crippen molar-refractivity contribution in [2.75, 3.05) is 7.11 Å². The highest BCUT2D eigenvalue weighted by molar-refractivity contribution is 6.31. The fourth-order valence-electron chi connectivity index (χ4n) is 3.31. The topological polar surface area (TPSA) is 83.2 Å². The molecule has 7 heteroatoms. The number of hydrogen-bond acceptors (Lipinski definition) is 3. The van der Waals surface area contributed by atoms with Gasteiger partial charge in [-0.3, -0.25) is 9.59 Å². The summed E-state index contributed by atoms with van der Waals surface area (Å²) in [5.41, 5.74) is 0.956. The van der Waals surface area contributed by atoms with Crippen LogP contribution in [0.5, 0.6) is 5.75 Å². The summed E-state index contributed by atoms with van der Waals surface area (Å²) in [5.74, 6) is 0.147. The first-order valence-electron chi connectivity index (χ1n) is 8.65. The van der Waals surface area contributed by atoms with Gasteiger partial charge in [0.15, 0.2) is 0 Å². The van der Waals surface area contributed by atoms with Gasteiger partial charge >= 0.3 is 0 Å². The van der Waals surface area contributed by atoms with Gasteiger partial charge in [-0.25, -0.2) is 0 Å². The molecular formula is C19H22ClN3O3. The lowest BCUT2D eigenvalue weighted by atomic mass is 9.90. The second-order valence-corrected chi connectivity index (χ2v) is 6.87. The standard InChI is InChI=1S/C19H22ClN3O3/c1-26-17-8-7-12(20)10-15(17)18(24)22-13-4-2-5-14(11-13)23-19(25)16-6-3-9-21-16/h3,6-10,13-14,21H,2,4-5,11H2,1H3,(H,22,24)(H,23,25)/t13-,14-/m1/s1. The Morgan fingerprint density at radius 1 is 1.15 bits per heavy atom. The maximum Gasteiger partial charge on any atom is 0.267 e. The molecule has 0 bridgehead atoms. The SMILES string of the molecule is COc1ccc(Cl)cc1C(=O)N[C@@H]1CCC[C@@H](NC(=O)c2ccc[nH]2)C1. The molecular weight excluding hydrogens is 354 g/mol. The monoisotopic (exact) mass is 375 g/mol. The molecule has 0 saturated heterocycles. The first-order valence-corrected chi connectivity index (χ1v) is 9.03. The van der Waals surface area contributed by atoms with E-state index in [9.17, 15) is 9.59 Å². The van der Waals surface area contributed by atoms with E-state index in [1.165, 1.54) is 7.11 Å². The van der Waals surface area contributed by atoms with E-state index >= 15 is 0 Å². The van der Waals surface area contributed by atoms with Crippen LogP contribution < -0.4 is 15.4 Å². The molecule has 138 valence electrons. The van der Waals surface area contributed by atoms with E-state index in [0.29, 0.717) is 28.5 Å². The van der Waals surface area contributed by atoms with Crippen LogP contribution in [0.1, 0.15) is 46.5 Å². The van der Waals surface area contributed by atoms with E-state index < -0.39 is 0 Å². The minimum Gasteiger partial charge on any atom is -0.496 e. The van der Waals surface area contributed by atoms with Crippen molar-refractivity contribution in [2.24, 2.45) is 0 Å². The summed E-state index contributed by atoms with van der Waals surface area (Å²) in [7, 11) is 1.52. The minimum atomic E-state index is -0.217. The molecule has 26 heavy (non-hydrogen) atoms.